The van der Waals surface area contributed by atoms with E-state index in [-0.39, 0.29) is 12.7 Å². The number of nitrogens with one attached hydrogen (secondary N) is 1. The van der Waals surface area contributed by atoms with Crippen molar-refractivity contribution < 1.29 is 24.3 Å². The van der Waals surface area contributed by atoms with Crippen LogP contribution in [-0.4, -0.2) is 27.4 Å². The van der Waals surface area contributed by atoms with Gasteiger partial charge >= 0.3 is 13.6 Å². The van der Waals surface area contributed by atoms with Gasteiger partial charge in [0.15, 0.2) is 0 Å². The van der Waals surface area contributed by atoms with Gasteiger partial charge in [-0.2, -0.15) is 0 Å². The zero-order chi connectivity index (χ0) is 12.2. The van der Waals surface area contributed by atoms with E-state index in [4.69, 9.17) is 14.9 Å². The summed E-state index contributed by atoms with van der Waals surface area (Å²) in [5.41, 5.74) is 1.10. The molecule has 4 N–H and O–H groups in total. The van der Waals surface area contributed by atoms with Gasteiger partial charge in [-0.3, -0.25) is 9.36 Å². The number of aliphatic carboxylic acids is 1. The molecule has 16 heavy (non-hydrogen) atoms. The van der Waals surface area contributed by atoms with Crippen LogP contribution in [-0.2, 0) is 15.5 Å². The Labute approximate surface area is 92.1 Å². The second-order valence-electron chi connectivity index (χ2n) is 3.27. The van der Waals surface area contributed by atoms with Crippen LogP contribution >= 0.6 is 7.60 Å². The summed E-state index contributed by atoms with van der Waals surface area (Å²) in [6.45, 7) is -0.197. The molecular weight excluding hydrogens is 233 g/mol. The molecule has 0 saturated carbocycles. The monoisotopic (exact) mass is 245 g/mol. The maximum Gasteiger partial charge on any atom is 0.329 e. The molecule has 0 unspecified atom stereocenters. The van der Waals surface area contributed by atoms with Crippen molar-refractivity contribution in [2.75, 3.05) is 11.9 Å². The van der Waals surface area contributed by atoms with Gasteiger partial charge in [0.05, 0.1) is 6.16 Å². The number of hydrogen-bond acceptors (Lipinski definition) is 3. The van der Waals surface area contributed by atoms with Crippen molar-refractivity contribution in [3.63, 3.8) is 0 Å². The average Bonchev–Trinajstić information content (AvgIpc) is 2.14. The Morgan fingerprint density at radius 3 is 2.25 bits per heavy atom. The zero-order valence-electron chi connectivity index (χ0n) is 8.33. The van der Waals surface area contributed by atoms with E-state index >= 15 is 0 Å². The highest BCUT2D eigenvalue weighted by Gasteiger charge is 2.13. The van der Waals surface area contributed by atoms with Crippen LogP contribution in [0.1, 0.15) is 5.56 Å². The standard InChI is InChI=1S/C9H12NO5P/c11-9(12)5-10-8-3-1-7(2-4-8)6-16(13,14)15/h1-4,10H,5-6H2,(H,11,12)(H2,13,14,15). The van der Waals surface area contributed by atoms with Crippen molar-refractivity contribution in [1.82, 2.24) is 0 Å². The molecular formula is C9H12NO5P. The summed E-state index contributed by atoms with van der Waals surface area (Å²) in [5.74, 6) is -0.973. The Balaban J connectivity index is 2.61. The summed E-state index contributed by atoms with van der Waals surface area (Å²) in [4.78, 5) is 27.7. The van der Waals surface area contributed by atoms with E-state index in [0.717, 1.165) is 0 Å². The lowest BCUT2D eigenvalue weighted by atomic mass is 10.2. The van der Waals surface area contributed by atoms with Gasteiger partial charge in [0.2, 0.25) is 0 Å². The van der Waals surface area contributed by atoms with Crippen LogP contribution in [0.25, 0.3) is 0 Å². The number of carboxylic acid groups (broad SMARTS) is 1. The van der Waals surface area contributed by atoms with Crippen LogP contribution in [0, 0.1) is 0 Å². The maximum absolute atomic E-state index is 10.7. The van der Waals surface area contributed by atoms with Crippen molar-refractivity contribution in [3.8, 4) is 0 Å². The summed E-state index contributed by atoms with van der Waals surface area (Å²) in [6, 6.07) is 6.24. The fourth-order valence-electron chi connectivity index (χ4n) is 1.14. The van der Waals surface area contributed by atoms with Crippen LogP contribution < -0.4 is 5.32 Å². The van der Waals surface area contributed by atoms with Gasteiger partial charge in [0.1, 0.15) is 6.54 Å². The molecule has 0 spiro atoms. The summed E-state index contributed by atoms with van der Waals surface area (Å²) < 4.78 is 10.7. The van der Waals surface area contributed by atoms with Gasteiger partial charge in [-0.15, -0.1) is 0 Å². The van der Waals surface area contributed by atoms with Crippen LogP contribution in [0.5, 0.6) is 0 Å². The lowest BCUT2D eigenvalue weighted by Gasteiger charge is -2.06. The van der Waals surface area contributed by atoms with E-state index in [1.54, 1.807) is 24.3 Å². The van der Waals surface area contributed by atoms with E-state index in [9.17, 15) is 9.36 Å². The predicted octanol–water partition coefficient (Wildman–Crippen LogP) is 0.861. The van der Waals surface area contributed by atoms with Gasteiger partial charge in [-0.1, -0.05) is 12.1 Å². The number of anilines is 1. The molecule has 6 nitrogen and oxygen atoms in total. The van der Waals surface area contributed by atoms with Crippen molar-refractivity contribution in [1.29, 1.82) is 0 Å². The van der Waals surface area contributed by atoms with E-state index in [2.05, 4.69) is 5.32 Å². The van der Waals surface area contributed by atoms with E-state index in [1.165, 1.54) is 0 Å². The van der Waals surface area contributed by atoms with Gasteiger partial charge in [0, 0.05) is 5.69 Å². The molecule has 1 aromatic carbocycles. The van der Waals surface area contributed by atoms with E-state index in [1.807, 2.05) is 0 Å². The summed E-state index contributed by atoms with van der Waals surface area (Å²) in [5, 5.41) is 11.1. The van der Waals surface area contributed by atoms with Crippen LogP contribution in [0.3, 0.4) is 0 Å². The van der Waals surface area contributed by atoms with Crippen LogP contribution in [0.2, 0.25) is 0 Å². The molecule has 0 aliphatic carbocycles. The molecule has 1 aromatic rings. The van der Waals surface area contributed by atoms with Crippen molar-refractivity contribution in [2.24, 2.45) is 0 Å². The number of benzene rings is 1. The normalized spacial score (nSPS) is 11.1. The quantitative estimate of drug-likeness (QED) is 0.573. The first-order valence-electron chi connectivity index (χ1n) is 4.46. The fourth-order valence-corrected chi connectivity index (χ4v) is 1.83. The first kappa shape index (κ1) is 12.7. The molecule has 0 heterocycles. The summed E-state index contributed by atoms with van der Waals surface area (Å²) in [7, 11) is -4.05. The molecule has 0 radical (unpaired) electrons. The second kappa shape index (κ2) is 5.12. The highest BCUT2D eigenvalue weighted by molar-refractivity contribution is 7.50. The second-order valence-corrected chi connectivity index (χ2v) is 4.91. The molecule has 0 amide bonds. The van der Waals surface area contributed by atoms with Crippen molar-refractivity contribution >= 4 is 19.3 Å². The zero-order valence-corrected chi connectivity index (χ0v) is 9.22. The van der Waals surface area contributed by atoms with E-state index < -0.39 is 13.6 Å². The molecule has 0 aromatic heterocycles. The molecule has 88 valence electrons. The third-order valence-electron chi connectivity index (χ3n) is 1.79. The molecule has 0 aliphatic heterocycles. The molecule has 0 aliphatic rings. The van der Waals surface area contributed by atoms with Gasteiger partial charge in [-0.25, -0.2) is 0 Å². The lowest BCUT2D eigenvalue weighted by Crippen LogP contribution is -2.12. The fraction of sp³-hybridized carbons (Fsp3) is 0.222. The molecule has 0 atom stereocenters. The molecule has 1 rings (SSSR count). The Morgan fingerprint density at radius 2 is 1.81 bits per heavy atom. The highest BCUT2D eigenvalue weighted by atomic mass is 31.2. The topological polar surface area (TPSA) is 107 Å². The number of carboxylic acids is 1. The Kier molecular flexibility index (Phi) is 4.06. The number of rotatable bonds is 5. The lowest BCUT2D eigenvalue weighted by molar-refractivity contribution is -0.134. The Hall–Kier alpha value is -1.36. The van der Waals surface area contributed by atoms with Gasteiger partial charge in [0.25, 0.3) is 0 Å². The Bertz CT molecular complexity index is 410. The van der Waals surface area contributed by atoms with Gasteiger partial charge < -0.3 is 20.2 Å². The van der Waals surface area contributed by atoms with Crippen molar-refractivity contribution in [2.45, 2.75) is 6.16 Å². The molecule has 0 fully saturated rings. The molecule has 7 heteroatoms. The SMILES string of the molecule is O=C(O)CNc1ccc(CP(=O)(O)O)cc1. The first-order valence-corrected chi connectivity index (χ1v) is 6.26. The minimum Gasteiger partial charge on any atom is -0.480 e. The number of hydrogen-bond donors (Lipinski definition) is 4. The van der Waals surface area contributed by atoms with Crippen molar-refractivity contribution in [3.05, 3.63) is 29.8 Å². The van der Waals surface area contributed by atoms with E-state index in [0.29, 0.717) is 11.3 Å². The highest BCUT2D eigenvalue weighted by Crippen LogP contribution is 2.39. The third-order valence-corrected chi connectivity index (χ3v) is 2.56. The third kappa shape index (κ3) is 4.93. The molecule has 0 bridgehead atoms. The minimum atomic E-state index is -4.05. The summed E-state index contributed by atoms with van der Waals surface area (Å²) >= 11 is 0. The smallest absolute Gasteiger partial charge is 0.329 e. The molecule has 0 saturated heterocycles. The predicted molar refractivity (Wildman–Crippen MR) is 58.3 cm³/mol. The first-order chi connectivity index (χ1) is 7.37. The average molecular weight is 245 g/mol. The van der Waals surface area contributed by atoms with Crippen LogP contribution in [0.4, 0.5) is 5.69 Å². The Morgan fingerprint density at radius 1 is 1.25 bits per heavy atom. The largest absolute Gasteiger partial charge is 0.480 e. The minimum absolute atomic E-state index is 0.197. The number of carbonyl (C=O) groups is 1. The van der Waals surface area contributed by atoms with Crippen LogP contribution in [0.15, 0.2) is 24.3 Å². The van der Waals surface area contributed by atoms with Gasteiger partial charge in [-0.05, 0) is 17.7 Å². The summed E-state index contributed by atoms with van der Waals surface area (Å²) in [6.07, 6.45) is -0.313. The maximum atomic E-state index is 10.7.